The topological polar surface area (TPSA) is 63.7 Å². The van der Waals surface area contributed by atoms with Gasteiger partial charge in [-0.15, -0.1) is 0 Å². The van der Waals surface area contributed by atoms with Crippen LogP contribution in [0.5, 0.6) is 5.75 Å². The first-order valence-electron chi connectivity index (χ1n) is 7.85. The molecule has 0 unspecified atom stereocenters. The fourth-order valence-corrected chi connectivity index (χ4v) is 5.20. The predicted octanol–water partition coefficient (Wildman–Crippen LogP) is 2.07. The Balaban J connectivity index is 1.75. The van der Waals surface area contributed by atoms with Gasteiger partial charge in [-0.05, 0) is 36.6 Å². The monoisotopic (exact) mass is 357 g/mol. The summed E-state index contributed by atoms with van der Waals surface area (Å²) in [7, 11) is -3.03. The van der Waals surface area contributed by atoms with Gasteiger partial charge in [-0.2, -0.15) is 0 Å². The Labute approximate surface area is 141 Å². The van der Waals surface area contributed by atoms with E-state index in [-0.39, 0.29) is 23.5 Å². The fraction of sp³-hybridized carbons (Fsp3) is 0.562. The average molecular weight is 358 g/mol. The standard InChI is InChI=1S/C16H20ClNO4S/c1-2-6-18(13-5-7-23(20,21)10-13)16(19)15-9-11-8-12(17)3-4-14(11)22-15/h3-4,8,13,15H,2,5-7,9-10H2,1H3/t13-,15+/m0/s1. The first-order chi connectivity index (χ1) is 10.9. The van der Waals surface area contributed by atoms with E-state index in [1.165, 1.54) is 0 Å². The first kappa shape index (κ1) is 16.6. The van der Waals surface area contributed by atoms with Crippen molar-refractivity contribution in [1.82, 2.24) is 4.90 Å². The number of carbonyl (C=O) groups excluding carboxylic acids is 1. The zero-order valence-corrected chi connectivity index (χ0v) is 14.6. The number of halogens is 1. The molecule has 2 aliphatic heterocycles. The van der Waals surface area contributed by atoms with Crippen molar-refractivity contribution in [2.75, 3.05) is 18.1 Å². The fourth-order valence-electron chi connectivity index (χ4n) is 3.27. The lowest BCUT2D eigenvalue weighted by Crippen LogP contribution is -2.48. The van der Waals surface area contributed by atoms with E-state index >= 15 is 0 Å². The number of nitrogens with zero attached hydrogens (tertiary/aromatic N) is 1. The summed E-state index contributed by atoms with van der Waals surface area (Å²) in [5.74, 6) is 0.779. The Bertz CT molecular complexity index is 719. The second-order valence-electron chi connectivity index (χ2n) is 6.15. The zero-order chi connectivity index (χ0) is 16.6. The molecule has 0 N–H and O–H groups in total. The van der Waals surface area contributed by atoms with E-state index in [9.17, 15) is 13.2 Å². The highest BCUT2D eigenvalue weighted by atomic mass is 35.5. The summed E-state index contributed by atoms with van der Waals surface area (Å²) in [6.07, 6.45) is 1.19. The summed E-state index contributed by atoms with van der Waals surface area (Å²) in [5, 5.41) is 0.618. The lowest BCUT2D eigenvalue weighted by atomic mass is 10.1. The molecule has 1 saturated heterocycles. The molecule has 5 nitrogen and oxygen atoms in total. The van der Waals surface area contributed by atoms with E-state index in [1.54, 1.807) is 17.0 Å². The van der Waals surface area contributed by atoms with E-state index in [2.05, 4.69) is 0 Å². The van der Waals surface area contributed by atoms with E-state index < -0.39 is 15.9 Å². The van der Waals surface area contributed by atoms with Crippen molar-refractivity contribution in [3.05, 3.63) is 28.8 Å². The molecule has 23 heavy (non-hydrogen) atoms. The molecule has 0 saturated carbocycles. The van der Waals surface area contributed by atoms with Crippen LogP contribution >= 0.6 is 11.6 Å². The highest BCUT2D eigenvalue weighted by Crippen LogP contribution is 2.32. The van der Waals surface area contributed by atoms with Gasteiger partial charge >= 0.3 is 0 Å². The van der Waals surface area contributed by atoms with Gasteiger partial charge in [0, 0.05) is 24.0 Å². The number of amides is 1. The Morgan fingerprint density at radius 3 is 2.87 bits per heavy atom. The quantitative estimate of drug-likeness (QED) is 0.827. The van der Waals surface area contributed by atoms with E-state index in [0.717, 1.165) is 12.0 Å². The minimum Gasteiger partial charge on any atom is -0.480 e. The molecule has 2 heterocycles. The Morgan fingerprint density at radius 2 is 2.22 bits per heavy atom. The number of sulfone groups is 1. The number of hydrogen-bond donors (Lipinski definition) is 0. The van der Waals surface area contributed by atoms with Crippen molar-refractivity contribution < 1.29 is 17.9 Å². The van der Waals surface area contributed by atoms with Gasteiger partial charge in [0.2, 0.25) is 0 Å². The van der Waals surface area contributed by atoms with Crippen LogP contribution in [0.15, 0.2) is 18.2 Å². The number of ether oxygens (including phenoxy) is 1. The molecular formula is C16H20ClNO4S. The normalized spacial score (nSPS) is 25.0. The summed E-state index contributed by atoms with van der Waals surface area (Å²) < 4.78 is 29.2. The maximum atomic E-state index is 12.9. The van der Waals surface area contributed by atoms with E-state index in [1.807, 2.05) is 13.0 Å². The largest absolute Gasteiger partial charge is 0.480 e. The summed E-state index contributed by atoms with van der Waals surface area (Å²) in [6, 6.07) is 5.09. The van der Waals surface area contributed by atoms with Gasteiger partial charge in [-0.3, -0.25) is 4.79 Å². The Hall–Kier alpha value is -1.27. The lowest BCUT2D eigenvalue weighted by molar-refractivity contribution is -0.139. The van der Waals surface area contributed by atoms with Gasteiger partial charge in [-0.25, -0.2) is 8.42 Å². The van der Waals surface area contributed by atoms with Crippen molar-refractivity contribution in [3.63, 3.8) is 0 Å². The summed E-state index contributed by atoms with van der Waals surface area (Å²) in [5.41, 5.74) is 0.923. The van der Waals surface area contributed by atoms with Crippen LogP contribution in [0.3, 0.4) is 0 Å². The SMILES string of the molecule is CCCN(C(=O)[C@H]1Cc2cc(Cl)ccc2O1)[C@H]1CCS(=O)(=O)C1. The van der Waals surface area contributed by atoms with Crippen LogP contribution in [-0.2, 0) is 21.1 Å². The molecule has 0 spiro atoms. The van der Waals surface area contributed by atoms with E-state index in [4.69, 9.17) is 16.3 Å². The van der Waals surface area contributed by atoms with Crippen LogP contribution in [0.1, 0.15) is 25.3 Å². The summed E-state index contributed by atoms with van der Waals surface area (Å²) in [4.78, 5) is 14.6. The number of fused-ring (bicyclic) bond motifs is 1. The van der Waals surface area contributed by atoms with Gasteiger partial charge in [0.25, 0.3) is 5.91 Å². The molecule has 1 aromatic rings. The minimum absolute atomic E-state index is 0.0598. The molecule has 7 heteroatoms. The Morgan fingerprint density at radius 1 is 1.43 bits per heavy atom. The molecule has 1 fully saturated rings. The molecule has 0 bridgehead atoms. The molecule has 2 atom stereocenters. The van der Waals surface area contributed by atoms with Crippen molar-refractivity contribution in [3.8, 4) is 5.75 Å². The molecular weight excluding hydrogens is 338 g/mol. The van der Waals surface area contributed by atoms with Crippen molar-refractivity contribution in [2.45, 2.75) is 38.3 Å². The molecule has 2 aliphatic rings. The smallest absolute Gasteiger partial charge is 0.264 e. The van der Waals surface area contributed by atoms with E-state index in [0.29, 0.717) is 30.2 Å². The van der Waals surface area contributed by atoms with Crippen LogP contribution in [0, 0.1) is 0 Å². The minimum atomic E-state index is -3.03. The molecule has 1 amide bonds. The van der Waals surface area contributed by atoms with Crippen molar-refractivity contribution in [2.24, 2.45) is 0 Å². The van der Waals surface area contributed by atoms with Crippen LogP contribution < -0.4 is 4.74 Å². The van der Waals surface area contributed by atoms with Crippen LogP contribution in [0.25, 0.3) is 0 Å². The summed E-state index contributed by atoms with van der Waals surface area (Å²) in [6.45, 7) is 2.53. The summed E-state index contributed by atoms with van der Waals surface area (Å²) >= 11 is 5.98. The van der Waals surface area contributed by atoms with Gasteiger partial charge in [0.05, 0.1) is 11.5 Å². The van der Waals surface area contributed by atoms with Gasteiger partial charge < -0.3 is 9.64 Å². The average Bonchev–Trinajstić information content (AvgIpc) is 3.06. The highest BCUT2D eigenvalue weighted by Gasteiger charge is 2.39. The molecule has 3 rings (SSSR count). The first-order valence-corrected chi connectivity index (χ1v) is 10.1. The number of carbonyl (C=O) groups is 1. The van der Waals surface area contributed by atoms with Crippen LogP contribution in [-0.4, -0.2) is 49.4 Å². The molecule has 126 valence electrons. The van der Waals surface area contributed by atoms with Gasteiger partial charge in [-0.1, -0.05) is 18.5 Å². The molecule has 0 aromatic heterocycles. The number of hydrogen-bond acceptors (Lipinski definition) is 4. The third-order valence-corrected chi connectivity index (χ3v) is 6.35. The third kappa shape index (κ3) is 3.48. The van der Waals surface area contributed by atoms with Crippen LogP contribution in [0.2, 0.25) is 5.02 Å². The highest BCUT2D eigenvalue weighted by molar-refractivity contribution is 7.91. The molecule has 0 aliphatic carbocycles. The predicted molar refractivity (Wildman–Crippen MR) is 88.6 cm³/mol. The third-order valence-electron chi connectivity index (χ3n) is 4.37. The number of rotatable bonds is 4. The zero-order valence-electron chi connectivity index (χ0n) is 13.0. The van der Waals surface area contributed by atoms with Crippen molar-refractivity contribution in [1.29, 1.82) is 0 Å². The van der Waals surface area contributed by atoms with Gasteiger partial charge in [0.1, 0.15) is 5.75 Å². The molecule has 0 radical (unpaired) electrons. The maximum absolute atomic E-state index is 12.9. The maximum Gasteiger partial charge on any atom is 0.264 e. The Kier molecular flexibility index (Phi) is 4.56. The van der Waals surface area contributed by atoms with Gasteiger partial charge in [0.15, 0.2) is 15.9 Å². The second-order valence-corrected chi connectivity index (χ2v) is 8.82. The second kappa shape index (κ2) is 6.32. The van der Waals surface area contributed by atoms with Crippen LogP contribution in [0.4, 0.5) is 0 Å². The number of benzene rings is 1. The van der Waals surface area contributed by atoms with Crippen molar-refractivity contribution >= 4 is 27.3 Å². The lowest BCUT2D eigenvalue weighted by Gasteiger charge is -2.30. The molecule has 1 aromatic carbocycles.